The zero-order chi connectivity index (χ0) is 19.2. The predicted octanol–water partition coefficient (Wildman–Crippen LogP) is 4.13. The second kappa shape index (κ2) is 8.37. The highest BCUT2D eigenvalue weighted by Crippen LogP contribution is 2.31. The van der Waals surface area contributed by atoms with E-state index in [-0.39, 0.29) is 6.42 Å². The zero-order valence-corrected chi connectivity index (χ0v) is 13.8. The molecule has 2 N–H and O–H groups in total. The number of methoxy groups -OCH3 is 1. The summed E-state index contributed by atoms with van der Waals surface area (Å²) in [6.45, 7) is 0. The summed E-state index contributed by atoms with van der Waals surface area (Å²) in [6, 6.07) is 12.8. The smallest absolute Gasteiger partial charge is 0.416 e. The summed E-state index contributed by atoms with van der Waals surface area (Å²) in [7, 11) is 1.14. The molecular weight excluding hydrogens is 349 g/mol. The first-order valence-corrected chi connectivity index (χ1v) is 7.66. The number of anilines is 1. The van der Waals surface area contributed by atoms with Gasteiger partial charge in [0.2, 0.25) is 5.91 Å². The Balaban J connectivity index is 2.16. The van der Waals surface area contributed by atoms with E-state index in [1.165, 1.54) is 12.1 Å². The Bertz CT molecular complexity index is 747. The van der Waals surface area contributed by atoms with Crippen LogP contribution in [0.4, 0.5) is 23.7 Å². The van der Waals surface area contributed by atoms with Gasteiger partial charge in [-0.2, -0.15) is 13.2 Å². The third-order valence-electron chi connectivity index (χ3n) is 3.57. The topological polar surface area (TPSA) is 67.4 Å². The molecule has 2 rings (SSSR count). The summed E-state index contributed by atoms with van der Waals surface area (Å²) in [6.07, 6.45) is -5.41. The van der Waals surface area contributed by atoms with Gasteiger partial charge in [0.05, 0.1) is 25.1 Å². The third kappa shape index (κ3) is 5.51. The minimum atomic E-state index is -4.42. The molecule has 0 aliphatic rings. The molecular formula is C18H17F3N2O3. The van der Waals surface area contributed by atoms with Crippen molar-refractivity contribution in [2.45, 2.75) is 18.6 Å². The summed E-state index contributed by atoms with van der Waals surface area (Å²) in [4.78, 5) is 23.1. The number of alkyl halides is 3. The lowest BCUT2D eigenvalue weighted by atomic mass is 10.0. The second-order valence-electron chi connectivity index (χ2n) is 5.43. The molecule has 0 aliphatic carbocycles. The Morgan fingerprint density at radius 2 is 1.65 bits per heavy atom. The number of amides is 2. The van der Waals surface area contributed by atoms with Crippen molar-refractivity contribution in [2.75, 3.05) is 12.4 Å². The number of ether oxygens (including phenoxy) is 1. The number of carbonyl (C=O) groups is 2. The van der Waals surface area contributed by atoms with Crippen LogP contribution in [0, 0.1) is 0 Å². The fraction of sp³-hybridized carbons (Fsp3) is 0.222. The number of rotatable bonds is 5. The van der Waals surface area contributed by atoms with Gasteiger partial charge in [-0.1, -0.05) is 30.3 Å². The van der Waals surface area contributed by atoms with Gasteiger partial charge in [-0.25, -0.2) is 4.79 Å². The van der Waals surface area contributed by atoms with Gasteiger partial charge in [0, 0.05) is 5.69 Å². The highest BCUT2D eigenvalue weighted by molar-refractivity contribution is 5.92. The lowest BCUT2D eigenvalue weighted by molar-refractivity contribution is -0.137. The predicted molar refractivity (Wildman–Crippen MR) is 89.4 cm³/mol. The van der Waals surface area contributed by atoms with Crippen LogP contribution in [0.1, 0.15) is 23.6 Å². The summed E-state index contributed by atoms with van der Waals surface area (Å²) in [5.74, 6) is -0.579. The Kier molecular flexibility index (Phi) is 6.21. The van der Waals surface area contributed by atoms with Crippen LogP contribution in [0.25, 0.3) is 0 Å². The molecule has 0 saturated carbocycles. The first-order chi connectivity index (χ1) is 12.3. The molecule has 2 aromatic rings. The lowest BCUT2D eigenvalue weighted by Gasteiger charge is -2.20. The van der Waals surface area contributed by atoms with E-state index in [9.17, 15) is 22.8 Å². The van der Waals surface area contributed by atoms with E-state index >= 15 is 0 Å². The number of halogens is 3. The molecule has 8 heteroatoms. The normalized spacial score (nSPS) is 12.2. The van der Waals surface area contributed by atoms with Crippen LogP contribution in [-0.2, 0) is 15.7 Å². The van der Waals surface area contributed by atoms with Crippen molar-refractivity contribution >= 4 is 17.7 Å². The number of imide groups is 1. The van der Waals surface area contributed by atoms with Crippen LogP contribution in [0.5, 0.6) is 0 Å². The molecule has 0 saturated heterocycles. The Morgan fingerprint density at radius 3 is 2.19 bits per heavy atom. The van der Waals surface area contributed by atoms with Gasteiger partial charge in [-0.05, 0) is 29.8 Å². The van der Waals surface area contributed by atoms with Gasteiger partial charge in [-0.15, -0.1) is 0 Å². The maximum Gasteiger partial charge on any atom is 0.416 e. The molecule has 0 radical (unpaired) electrons. The molecule has 26 heavy (non-hydrogen) atoms. The molecule has 0 aliphatic heterocycles. The van der Waals surface area contributed by atoms with Crippen LogP contribution in [0.3, 0.4) is 0 Å². The van der Waals surface area contributed by atoms with E-state index in [2.05, 4.69) is 15.4 Å². The van der Waals surface area contributed by atoms with Crippen molar-refractivity contribution in [1.82, 2.24) is 5.32 Å². The van der Waals surface area contributed by atoms with Crippen molar-refractivity contribution in [2.24, 2.45) is 0 Å². The standard InChI is InChI=1S/C18H17F3N2O3/c1-26-17(25)23-16(24)11-15(12-5-3-2-4-6-12)22-14-9-7-13(8-10-14)18(19,20)21/h2-10,15,22H,11H2,1H3,(H,23,24,25)/t15-/m0/s1. The van der Waals surface area contributed by atoms with Crippen LogP contribution >= 0.6 is 0 Å². The van der Waals surface area contributed by atoms with Gasteiger partial charge in [0.25, 0.3) is 0 Å². The maximum atomic E-state index is 12.7. The monoisotopic (exact) mass is 366 g/mol. The number of benzene rings is 2. The fourth-order valence-electron chi connectivity index (χ4n) is 2.30. The molecule has 138 valence electrons. The van der Waals surface area contributed by atoms with Crippen molar-refractivity contribution in [3.8, 4) is 0 Å². The Hall–Kier alpha value is -3.03. The van der Waals surface area contributed by atoms with Crippen molar-refractivity contribution in [3.05, 3.63) is 65.7 Å². The van der Waals surface area contributed by atoms with E-state index in [0.717, 1.165) is 24.8 Å². The molecule has 2 aromatic carbocycles. The highest BCUT2D eigenvalue weighted by Gasteiger charge is 2.30. The first-order valence-electron chi connectivity index (χ1n) is 7.66. The zero-order valence-electron chi connectivity index (χ0n) is 13.8. The van der Waals surface area contributed by atoms with E-state index in [0.29, 0.717) is 5.69 Å². The summed E-state index contributed by atoms with van der Waals surface area (Å²) in [5, 5.41) is 5.07. The lowest BCUT2D eigenvalue weighted by Crippen LogP contribution is -2.32. The van der Waals surface area contributed by atoms with E-state index < -0.39 is 29.8 Å². The summed E-state index contributed by atoms with van der Waals surface area (Å²) in [5.41, 5.74) is 0.396. The summed E-state index contributed by atoms with van der Waals surface area (Å²) < 4.78 is 42.3. The van der Waals surface area contributed by atoms with Crippen molar-refractivity contribution in [1.29, 1.82) is 0 Å². The van der Waals surface area contributed by atoms with Gasteiger partial charge in [0.1, 0.15) is 0 Å². The van der Waals surface area contributed by atoms with Crippen LogP contribution in [-0.4, -0.2) is 19.1 Å². The average molecular weight is 366 g/mol. The Morgan fingerprint density at radius 1 is 1.04 bits per heavy atom. The average Bonchev–Trinajstić information content (AvgIpc) is 2.61. The molecule has 0 heterocycles. The number of nitrogens with one attached hydrogen (secondary N) is 2. The van der Waals surface area contributed by atoms with Gasteiger partial charge in [0.15, 0.2) is 0 Å². The fourth-order valence-corrected chi connectivity index (χ4v) is 2.30. The molecule has 0 unspecified atom stereocenters. The highest BCUT2D eigenvalue weighted by atomic mass is 19.4. The van der Waals surface area contributed by atoms with Crippen LogP contribution < -0.4 is 10.6 Å². The van der Waals surface area contributed by atoms with E-state index in [4.69, 9.17) is 0 Å². The third-order valence-corrected chi connectivity index (χ3v) is 3.57. The van der Waals surface area contributed by atoms with E-state index in [1.807, 2.05) is 0 Å². The maximum absolute atomic E-state index is 12.7. The number of hydrogen-bond acceptors (Lipinski definition) is 4. The molecule has 0 bridgehead atoms. The SMILES string of the molecule is COC(=O)NC(=O)C[C@H](Nc1ccc(C(F)(F)F)cc1)c1ccccc1. The number of alkyl carbamates (subject to hydrolysis) is 1. The molecule has 0 spiro atoms. The van der Waals surface area contributed by atoms with Crippen LogP contribution in [0.2, 0.25) is 0 Å². The molecule has 5 nitrogen and oxygen atoms in total. The second-order valence-corrected chi connectivity index (χ2v) is 5.43. The first kappa shape index (κ1) is 19.3. The van der Waals surface area contributed by atoms with Gasteiger partial charge in [-0.3, -0.25) is 10.1 Å². The number of hydrogen-bond donors (Lipinski definition) is 2. The quantitative estimate of drug-likeness (QED) is 0.835. The molecule has 0 fully saturated rings. The van der Waals surface area contributed by atoms with Crippen molar-refractivity contribution in [3.63, 3.8) is 0 Å². The number of carbonyl (C=O) groups excluding carboxylic acids is 2. The minimum absolute atomic E-state index is 0.111. The van der Waals surface area contributed by atoms with Gasteiger partial charge < -0.3 is 10.1 Å². The van der Waals surface area contributed by atoms with Crippen LogP contribution in [0.15, 0.2) is 54.6 Å². The largest absolute Gasteiger partial charge is 0.453 e. The minimum Gasteiger partial charge on any atom is -0.453 e. The summed E-state index contributed by atoms with van der Waals surface area (Å²) >= 11 is 0. The van der Waals surface area contributed by atoms with Gasteiger partial charge >= 0.3 is 12.3 Å². The molecule has 0 aromatic heterocycles. The van der Waals surface area contributed by atoms with Crippen molar-refractivity contribution < 1.29 is 27.5 Å². The molecule has 2 amide bonds. The van der Waals surface area contributed by atoms with E-state index in [1.54, 1.807) is 30.3 Å². The molecule has 1 atom stereocenters. The Labute approximate surface area is 148 Å².